The molecule has 21 heavy (non-hydrogen) atoms. The van der Waals surface area contributed by atoms with Gasteiger partial charge in [0.25, 0.3) is 0 Å². The maximum Gasteiger partial charge on any atom is 0.227 e. The first-order valence-electron chi connectivity index (χ1n) is 6.69. The molecule has 0 spiro atoms. The molecule has 0 amide bonds. The van der Waals surface area contributed by atoms with Crippen molar-refractivity contribution >= 4 is 32.7 Å². The number of hydrogen-bond acceptors (Lipinski definition) is 4. The summed E-state index contributed by atoms with van der Waals surface area (Å²) in [5.41, 5.74) is 3.57. The van der Waals surface area contributed by atoms with Gasteiger partial charge in [-0.15, -0.1) is 0 Å². The lowest BCUT2D eigenvalue weighted by molar-refractivity contribution is 0.412. The molecule has 0 saturated carbocycles. The van der Waals surface area contributed by atoms with Gasteiger partial charge in [0.05, 0.1) is 11.6 Å². The van der Waals surface area contributed by atoms with E-state index in [-0.39, 0.29) is 0 Å². The number of hydrogen-bond donors (Lipinski definition) is 1. The van der Waals surface area contributed by atoms with Gasteiger partial charge >= 0.3 is 0 Å². The van der Waals surface area contributed by atoms with Crippen LogP contribution in [0.3, 0.4) is 0 Å². The zero-order chi connectivity index (χ0) is 14.8. The predicted molar refractivity (Wildman–Crippen MR) is 87.9 cm³/mol. The first-order chi connectivity index (χ1) is 10.2. The van der Waals surface area contributed by atoms with Crippen LogP contribution >= 0.6 is 15.9 Å². The fourth-order valence-corrected chi connectivity index (χ4v) is 2.71. The summed E-state index contributed by atoms with van der Waals surface area (Å²) in [5.74, 6) is 1.38. The van der Waals surface area contributed by atoms with Gasteiger partial charge in [-0.2, -0.15) is 0 Å². The molecule has 108 valence electrons. The number of nitrogens with one attached hydrogen (secondary N) is 1. The van der Waals surface area contributed by atoms with Gasteiger partial charge in [0, 0.05) is 17.8 Å². The van der Waals surface area contributed by atoms with E-state index in [1.165, 1.54) is 0 Å². The monoisotopic (exact) mass is 346 g/mol. The number of aromatic nitrogens is 1. The molecule has 0 fully saturated rings. The Morgan fingerprint density at radius 2 is 2.10 bits per heavy atom. The molecule has 0 saturated heterocycles. The van der Waals surface area contributed by atoms with Crippen LogP contribution in [0.5, 0.6) is 5.75 Å². The number of methoxy groups -OCH3 is 1. The van der Waals surface area contributed by atoms with Crippen LogP contribution in [-0.4, -0.2) is 18.6 Å². The largest absolute Gasteiger partial charge is 0.496 e. The Morgan fingerprint density at radius 1 is 1.24 bits per heavy atom. The van der Waals surface area contributed by atoms with Crippen LogP contribution in [0.1, 0.15) is 6.92 Å². The third-order valence-corrected chi connectivity index (χ3v) is 3.79. The Hall–Kier alpha value is -2.01. The molecule has 0 aliphatic carbocycles. The molecule has 0 aliphatic heterocycles. The van der Waals surface area contributed by atoms with Crippen molar-refractivity contribution in [3.05, 3.63) is 40.9 Å². The van der Waals surface area contributed by atoms with Gasteiger partial charge in [0.2, 0.25) is 5.89 Å². The number of halogens is 1. The molecule has 0 unspecified atom stereocenters. The Morgan fingerprint density at radius 3 is 2.81 bits per heavy atom. The van der Waals surface area contributed by atoms with E-state index in [4.69, 9.17) is 9.15 Å². The van der Waals surface area contributed by atoms with Crippen LogP contribution in [0.25, 0.3) is 22.6 Å². The lowest BCUT2D eigenvalue weighted by atomic mass is 10.2. The highest BCUT2D eigenvalue weighted by molar-refractivity contribution is 9.10. The molecular weight excluding hydrogens is 332 g/mol. The number of rotatable bonds is 4. The maximum atomic E-state index is 5.82. The SMILES string of the molecule is CCNc1ccc2oc(-c3ccc(OC)c(Br)c3)nc2c1. The van der Waals surface area contributed by atoms with Crippen molar-refractivity contribution in [1.29, 1.82) is 0 Å². The molecule has 4 nitrogen and oxygen atoms in total. The summed E-state index contributed by atoms with van der Waals surface area (Å²) < 4.78 is 11.9. The number of anilines is 1. The van der Waals surface area contributed by atoms with Crippen LogP contribution in [0.4, 0.5) is 5.69 Å². The Balaban J connectivity index is 2.02. The zero-order valence-electron chi connectivity index (χ0n) is 11.8. The Kier molecular flexibility index (Phi) is 3.84. The predicted octanol–water partition coefficient (Wildman–Crippen LogP) is 4.70. The smallest absolute Gasteiger partial charge is 0.227 e. The van der Waals surface area contributed by atoms with Gasteiger partial charge in [-0.3, -0.25) is 0 Å². The van der Waals surface area contributed by atoms with E-state index in [0.717, 1.165) is 39.1 Å². The van der Waals surface area contributed by atoms with Gasteiger partial charge in [-0.25, -0.2) is 4.98 Å². The average molecular weight is 347 g/mol. The van der Waals surface area contributed by atoms with Crippen molar-refractivity contribution in [3.63, 3.8) is 0 Å². The summed E-state index contributed by atoms with van der Waals surface area (Å²) in [6.45, 7) is 2.94. The fourth-order valence-electron chi connectivity index (χ4n) is 2.16. The third-order valence-electron chi connectivity index (χ3n) is 3.17. The maximum absolute atomic E-state index is 5.82. The van der Waals surface area contributed by atoms with E-state index in [1.807, 2.05) is 36.4 Å². The number of ether oxygens (including phenoxy) is 1. The molecule has 0 bridgehead atoms. The van der Waals surface area contributed by atoms with Crippen molar-refractivity contribution in [3.8, 4) is 17.2 Å². The van der Waals surface area contributed by atoms with Crippen molar-refractivity contribution in [2.45, 2.75) is 6.92 Å². The number of benzene rings is 2. The van der Waals surface area contributed by atoms with E-state index in [9.17, 15) is 0 Å². The minimum Gasteiger partial charge on any atom is -0.496 e. The summed E-state index contributed by atoms with van der Waals surface area (Å²) in [7, 11) is 1.64. The summed E-state index contributed by atoms with van der Waals surface area (Å²) in [6.07, 6.45) is 0. The molecule has 0 aliphatic rings. The topological polar surface area (TPSA) is 47.3 Å². The molecule has 2 aromatic carbocycles. The second-order valence-corrected chi connectivity index (χ2v) is 5.44. The minimum atomic E-state index is 0.599. The van der Waals surface area contributed by atoms with Crippen LogP contribution in [0.15, 0.2) is 45.3 Å². The molecule has 1 aromatic heterocycles. The average Bonchev–Trinajstić information content (AvgIpc) is 2.90. The van der Waals surface area contributed by atoms with E-state index >= 15 is 0 Å². The van der Waals surface area contributed by atoms with E-state index in [0.29, 0.717) is 5.89 Å². The molecule has 0 atom stereocenters. The highest BCUT2D eigenvalue weighted by Crippen LogP contribution is 2.32. The highest BCUT2D eigenvalue weighted by Gasteiger charge is 2.10. The summed E-state index contributed by atoms with van der Waals surface area (Å²) in [5, 5.41) is 3.27. The molecule has 5 heteroatoms. The van der Waals surface area contributed by atoms with Crippen molar-refractivity contribution < 1.29 is 9.15 Å². The number of nitrogens with zero attached hydrogens (tertiary/aromatic N) is 1. The lowest BCUT2D eigenvalue weighted by Gasteiger charge is -2.03. The molecule has 1 heterocycles. The van der Waals surface area contributed by atoms with Crippen molar-refractivity contribution in [2.75, 3.05) is 19.0 Å². The first kappa shape index (κ1) is 13.9. The molecule has 1 N–H and O–H groups in total. The van der Waals surface area contributed by atoms with Gasteiger partial charge in [0.1, 0.15) is 11.3 Å². The normalized spacial score (nSPS) is 10.8. The number of oxazole rings is 1. The lowest BCUT2D eigenvalue weighted by Crippen LogP contribution is -1.95. The van der Waals surface area contributed by atoms with Crippen LogP contribution < -0.4 is 10.1 Å². The fraction of sp³-hybridized carbons (Fsp3) is 0.188. The summed E-state index contributed by atoms with van der Waals surface area (Å²) in [4.78, 5) is 4.55. The Bertz CT molecular complexity index is 783. The standard InChI is InChI=1S/C16H15BrN2O2/c1-3-18-11-5-7-15-13(9-11)19-16(21-15)10-4-6-14(20-2)12(17)8-10/h4-9,18H,3H2,1-2H3. The first-order valence-corrected chi connectivity index (χ1v) is 7.49. The van der Waals surface area contributed by atoms with E-state index < -0.39 is 0 Å². The molecular formula is C16H15BrN2O2. The zero-order valence-corrected chi connectivity index (χ0v) is 13.4. The molecule has 3 aromatic rings. The Labute approximate surface area is 131 Å². The van der Waals surface area contributed by atoms with Crippen LogP contribution in [0.2, 0.25) is 0 Å². The van der Waals surface area contributed by atoms with Crippen LogP contribution in [0, 0.1) is 0 Å². The minimum absolute atomic E-state index is 0.599. The molecule has 0 radical (unpaired) electrons. The van der Waals surface area contributed by atoms with E-state index in [1.54, 1.807) is 7.11 Å². The van der Waals surface area contributed by atoms with E-state index in [2.05, 4.69) is 33.2 Å². The second-order valence-electron chi connectivity index (χ2n) is 4.58. The van der Waals surface area contributed by atoms with Crippen molar-refractivity contribution in [2.24, 2.45) is 0 Å². The van der Waals surface area contributed by atoms with Gasteiger partial charge < -0.3 is 14.5 Å². The quantitative estimate of drug-likeness (QED) is 0.743. The second kappa shape index (κ2) is 5.77. The number of fused-ring (bicyclic) bond motifs is 1. The van der Waals surface area contributed by atoms with Crippen LogP contribution in [-0.2, 0) is 0 Å². The summed E-state index contributed by atoms with van der Waals surface area (Å²) in [6, 6.07) is 11.7. The molecule has 3 rings (SSSR count). The van der Waals surface area contributed by atoms with Gasteiger partial charge in [-0.05, 0) is 59.3 Å². The van der Waals surface area contributed by atoms with Crippen molar-refractivity contribution in [1.82, 2.24) is 4.98 Å². The third kappa shape index (κ3) is 2.74. The van der Waals surface area contributed by atoms with Gasteiger partial charge in [-0.1, -0.05) is 0 Å². The highest BCUT2D eigenvalue weighted by atomic mass is 79.9. The van der Waals surface area contributed by atoms with Gasteiger partial charge in [0.15, 0.2) is 5.58 Å². The summed E-state index contributed by atoms with van der Waals surface area (Å²) >= 11 is 3.48.